The minimum atomic E-state index is -0.174. The van der Waals surface area contributed by atoms with Crippen LogP contribution in [0.1, 0.15) is 36.5 Å². The molecule has 5 nitrogen and oxygen atoms in total. The van der Waals surface area contributed by atoms with Crippen LogP contribution in [0.2, 0.25) is 0 Å². The van der Waals surface area contributed by atoms with Crippen LogP contribution in [0.5, 0.6) is 0 Å². The Balaban J connectivity index is 1.58. The number of aromatic nitrogens is 2. The van der Waals surface area contributed by atoms with E-state index in [9.17, 15) is 4.79 Å². The van der Waals surface area contributed by atoms with E-state index in [2.05, 4.69) is 10.4 Å². The van der Waals surface area contributed by atoms with Crippen LogP contribution in [0.25, 0.3) is 0 Å². The third kappa shape index (κ3) is 2.41. The van der Waals surface area contributed by atoms with Gasteiger partial charge < -0.3 is 9.73 Å². The molecule has 1 aliphatic carbocycles. The molecular weight excluding hydrogens is 242 g/mol. The molecule has 2 aromatic rings. The van der Waals surface area contributed by atoms with E-state index in [0.717, 1.165) is 17.7 Å². The molecule has 3 atom stereocenters. The smallest absolute Gasteiger partial charge is 0.227 e. The van der Waals surface area contributed by atoms with Crippen molar-refractivity contribution in [2.45, 2.75) is 31.2 Å². The summed E-state index contributed by atoms with van der Waals surface area (Å²) in [5, 5.41) is 7.16. The van der Waals surface area contributed by atoms with Crippen LogP contribution >= 0.6 is 0 Å². The first-order chi connectivity index (χ1) is 9.15. The van der Waals surface area contributed by atoms with Gasteiger partial charge in [-0.05, 0) is 25.5 Å². The number of furan rings is 1. The molecule has 100 valence electrons. The summed E-state index contributed by atoms with van der Waals surface area (Å²) in [7, 11) is 1.85. The average Bonchev–Trinajstić information content (AvgIpc) is 2.85. The number of carbonyl (C=O) groups is 1. The second-order valence-electron chi connectivity index (χ2n) is 5.14. The average molecular weight is 259 g/mol. The van der Waals surface area contributed by atoms with Crippen molar-refractivity contribution < 1.29 is 9.21 Å². The molecule has 19 heavy (non-hydrogen) atoms. The van der Waals surface area contributed by atoms with Gasteiger partial charge >= 0.3 is 0 Å². The molecule has 0 saturated heterocycles. The number of nitrogens with one attached hydrogen (secondary N) is 1. The van der Waals surface area contributed by atoms with Crippen molar-refractivity contribution in [2.75, 3.05) is 0 Å². The van der Waals surface area contributed by atoms with Gasteiger partial charge in [0.05, 0.1) is 18.4 Å². The van der Waals surface area contributed by atoms with Crippen LogP contribution < -0.4 is 5.32 Å². The van der Waals surface area contributed by atoms with Crippen LogP contribution in [0, 0.1) is 0 Å². The van der Waals surface area contributed by atoms with E-state index in [0.29, 0.717) is 5.92 Å². The summed E-state index contributed by atoms with van der Waals surface area (Å²) in [6, 6.07) is 4.05. The number of nitrogens with zero attached hydrogens (tertiary/aromatic N) is 2. The molecule has 0 spiro atoms. The van der Waals surface area contributed by atoms with Gasteiger partial charge in [0.25, 0.3) is 0 Å². The SMILES string of the molecule is CC(C(=O)N[C@@H]1C[C@H]1c1ccco1)c1cnn(C)c1. The standard InChI is InChI=1S/C14H17N3O2/c1-9(10-7-15-17(2)8-10)14(18)16-12-6-11(12)13-4-3-5-19-13/h3-5,7-9,11-12H,6H2,1-2H3,(H,16,18)/t9?,11-,12-/m1/s1. The molecule has 1 N–H and O–H groups in total. The first kappa shape index (κ1) is 12.0. The van der Waals surface area contributed by atoms with Crippen LogP contribution in [-0.2, 0) is 11.8 Å². The lowest BCUT2D eigenvalue weighted by Gasteiger charge is -2.10. The van der Waals surface area contributed by atoms with Crippen molar-refractivity contribution in [3.8, 4) is 0 Å². The zero-order chi connectivity index (χ0) is 13.4. The van der Waals surface area contributed by atoms with Crippen molar-refractivity contribution in [1.29, 1.82) is 0 Å². The van der Waals surface area contributed by atoms with Gasteiger partial charge in [0, 0.05) is 30.8 Å². The fraction of sp³-hybridized carbons (Fsp3) is 0.429. The molecule has 1 unspecified atom stereocenters. The summed E-state index contributed by atoms with van der Waals surface area (Å²) in [5.74, 6) is 1.16. The number of aryl methyl sites for hydroxylation is 1. The lowest BCUT2D eigenvalue weighted by Crippen LogP contribution is -2.30. The van der Waals surface area contributed by atoms with Crippen LogP contribution in [0.15, 0.2) is 35.2 Å². The van der Waals surface area contributed by atoms with Gasteiger partial charge in [-0.3, -0.25) is 9.48 Å². The summed E-state index contributed by atoms with van der Waals surface area (Å²) in [6.45, 7) is 1.90. The predicted molar refractivity (Wildman–Crippen MR) is 69.6 cm³/mol. The van der Waals surface area contributed by atoms with Crippen molar-refractivity contribution in [3.63, 3.8) is 0 Å². The summed E-state index contributed by atoms with van der Waals surface area (Å²) in [4.78, 5) is 12.1. The largest absolute Gasteiger partial charge is 0.469 e. The van der Waals surface area contributed by atoms with E-state index in [1.165, 1.54) is 0 Å². The first-order valence-corrected chi connectivity index (χ1v) is 6.47. The van der Waals surface area contributed by atoms with Crippen LogP contribution in [-0.4, -0.2) is 21.7 Å². The highest BCUT2D eigenvalue weighted by molar-refractivity contribution is 5.83. The monoisotopic (exact) mass is 259 g/mol. The molecule has 0 aliphatic heterocycles. The zero-order valence-electron chi connectivity index (χ0n) is 11.0. The van der Waals surface area contributed by atoms with Gasteiger partial charge in [0.15, 0.2) is 0 Å². The Morgan fingerprint density at radius 1 is 1.63 bits per heavy atom. The van der Waals surface area contributed by atoms with E-state index in [4.69, 9.17) is 4.42 Å². The molecule has 2 aromatic heterocycles. The Morgan fingerprint density at radius 2 is 2.47 bits per heavy atom. The highest BCUT2D eigenvalue weighted by Gasteiger charge is 2.42. The molecule has 1 saturated carbocycles. The predicted octanol–water partition coefficient (Wildman–Crippen LogP) is 1.79. The highest BCUT2D eigenvalue weighted by atomic mass is 16.3. The van der Waals surface area contributed by atoms with Gasteiger partial charge in [0.2, 0.25) is 5.91 Å². The zero-order valence-corrected chi connectivity index (χ0v) is 11.0. The molecule has 0 aromatic carbocycles. The fourth-order valence-electron chi connectivity index (χ4n) is 2.29. The van der Waals surface area contributed by atoms with E-state index in [1.807, 2.05) is 32.3 Å². The Kier molecular flexibility index (Phi) is 2.89. The lowest BCUT2D eigenvalue weighted by molar-refractivity contribution is -0.122. The Labute approximate surface area is 111 Å². The number of rotatable bonds is 4. The number of hydrogen-bond donors (Lipinski definition) is 1. The number of amides is 1. The molecule has 0 radical (unpaired) electrons. The molecule has 1 aliphatic rings. The minimum absolute atomic E-state index is 0.0482. The summed E-state index contributed by atoms with van der Waals surface area (Å²) in [6.07, 6.45) is 6.24. The lowest BCUT2D eigenvalue weighted by atomic mass is 10.0. The van der Waals surface area contributed by atoms with E-state index >= 15 is 0 Å². The minimum Gasteiger partial charge on any atom is -0.469 e. The van der Waals surface area contributed by atoms with Crippen molar-refractivity contribution in [2.24, 2.45) is 7.05 Å². The van der Waals surface area contributed by atoms with Gasteiger partial charge in [0.1, 0.15) is 5.76 Å². The molecular formula is C14H17N3O2. The Bertz CT molecular complexity index is 573. The maximum atomic E-state index is 12.1. The number of hydrogen-bond acceptors (Lipinski definition) is 3. The molecule has 1 amide bonds. The van der Waals surface area contributed by atoms with Gasteiger partial charge in [-0.25, -0.2) is 0 Å². The van der Waals surface area contributed by atoms with Crippen LogP contribution in [0.3, 0.4) is 0 Å². The van der Waals surface area contributed by atoms with E-state index in [1.54, 1.807) is 17.1 Å². The normalized spacial score (nSPS) is 23.1. The van der Waals surface area contributed by atoms with E-state index < -0.39 is 0 Å². The van der Waals surface area contributed by atoms with Crippen molar-refractivity contribution >= 4 is 5.91 Å². The maximum Gasteiger partial charge on any atom is 0.227 e. The summed E-state index contributed by atoms with van der Waals surface area (Å²) >= 11 is 0. The molecule has 3 rings (SSSR count). The van der Waals surface area contributed by atoms with Gasteiger partial charge in [-0.1, -0.05) is 0 Å². The van der Waals surface area contributed by atoms with Gasteiger partial charge in [-0.15, -0.1) is 0 Å². The number of carbonyl (C=O) groups excluding carboxylic acids is 1. The molecule has 2 heterocycles. The van der Waals surface area contributed by atoms with Crippen LogP contribution in [0.4, 0.5) is 0 Å². The maximum absolute atomic E-state index is 12.1. The highest BCUT2D eigenvalue weighted by Crippen LogP contribution is 2.41. The third-order valence-electron chi connectivity index (χ3n) is 3.64. The van der Waals surface area contributed by atoms with Crippen molar-refractivity contribution in [3.05, 3.63) is 42.1 Å². The second-order valence-corrected chi connectivity index (χ2v) is 5.14. The summed E-state index contributed by atoms with van der Waals surface area (Å²) in [5.41, 5.74) is 0.940. The third-order valence-corrected chi connectivity index (χ3v) is 3.64. The van der Waals surface area contributed by atoms with Gasteiger partial charge in [-0.2, -0.15) is 5.10 Å². The van der Waals surface area contributed by atoms with Crippen molar-refractivity contribution in [1.82, 2.24) is 15.1 Å². The van der Waals surface area contributed by atoms with E-state index in [-0.39, 0.29) is 17.9 Å². The first-order valence-electron chi connectivity index (χ1n) is 6.47. The molecule has 0 bridgehead atoms. The Hall–Kier alpha value is -2.04. The quantitative estimate of drug-likeness (QED) is 0.910. The topological polar surface area (TPSA) is 60.1 Å². The molecule has 1 fully saturated rings. The molecule has 5 heteroatoms. The summed E-state index contributed by atoms with van der Waals surface area (Å²) < 4.78 is 7.06. The second kappa shape index (κ2) is 4.57. The fourth-order valence-corrected chi connectivity index (χ4v) is 2.29. The Morgan fingerprint density at radius 3 is 3.11 bits per heavy atom.